The molecule has 0 atom stereocenters. The molecule has 0 fully saturated rings. The minimum absolute atomic E-state index is 0.00677. The van der Waals surface area contributed by atoms with Gasteiger partial charge in [-0.2, -0.15) is 0 Å². The molecule has 0 heterocycles. The highest BCUT2D eigenvalue weighted by Crippen LogP contribution is 2.21. The smallest absolute Gasteiger partial charge is 0.335 e. The molecule has 0 radical (unpaired) electrons. The number of amides is 1. The van der Waals surface area contributed by atoms with Gasteiger partial charge in [0, 0.05) is 5.69 Å². The second kappa shape index (κ2) is 5.93. The number of hydrogen-bond acceptors (Lipinski definition) is 2. The largest absolute Gasteiger partial charge is 0.478 e. The molecule has 0 saturated carbocycles. The van der Waals surface area contributed by atoms with Gasteiger partial charge in [0.1, 0.15) is 5.82 Å². The lowest BCUT2D eigenvalue weighted by Crippen LogP contribution is -2.13. The molecule has 0 unspecified atom stereocenters. The van der Waals surface area contributed by atoms with Crippen LogP contribution in [0.4, 0.5) is 10.1 Å². The third-order valence-electron chi connectivity index (χ3n) is 2.90. The number of aromatic carboxylic acids is 1. The Kier molecular flexibility index (Phi) is 4.23. The first-order chi connectivity index (χ1) is 9.88. The van der Waals surface area contributed by atoms with E-state index in [9.17, 15) is 14.0 Å². The van der Waals surface area contributed by atoms with Gasteiger partial charge in [0.25, 0.3) is 5.91 Å². The van der Waals surface area contributed by atoms with Crippen LogP contribution in [0.15, 0.2) is 36.4 Å². The number of aryl methyl sites for hydroxylation is 1. The highest BCUT2D eigenvalue weighted by atomic mass is 35.5. The van der Waals surface area contributed by atoms with Crippen molar-refractivity contribution < 1.29 is 19.1 Å². The van der Waals surface area contributed by atoms with Crippen LogP contribution in [0.3, 0.4) is 0 Å². The van der Waals surface area contributed by atoms with Gasteiger partial charge in [0.15, 0.2) is 0 Å². The number of hydrogen-bond donors (Lipinski definition) is 2. The van der Waals surface area contributed by atoms with Crippen molar-refractivity contribution in [2.45, 2.75) is 6.92 Å². The number of carboxylic acids is 1. The van der Waals surface area contributed by atoms with Crippen LogP contribution in [0, 0.1) is 12.7 Å². The van der Waals surface area contributed by atoms with Crippen molar-refractivity contribution in [3.05, 3.63) is 63.9 Å². The molecule has 0 aliphatic heterocycles. The molecule has 0 aliphatic carbocycles. The van der Waals surface area contributed by atoms with Crippen LogP contribution in [0.5, 0.6) is 0 Å². The molecule has 0 saturated heterocycles. The lowest BCUT2D eigenvalue weighted by atomic mass is 10.1. The number of carbonyl (C=O) groups is 2. The van der Waals surface area contributed by atoms with Gasteiger partial charge in [-0.15, -0.1) is 0 Å². The Morgan fingerprint density at radius 3 is 2.48 bits per heavy atom. The van der Waals surface area contributed by atoms with E-state index in [1.54, 1.807) is 6.92 Å². The lowest BCUT2D eigenvalue weighted by molar-refractivity contribution is 0.0696. The van der Waals surface area contributed by atoms with Crippen LogP contribution in [0.1, 0.15) is 26.3 Å². The average molecular weight is 308 g/mol. The molecule has 2 rings (SSSR count). The highest BCUT2D eigenvalue weighted by molar-refractivity contribution is 6.34. The molecule has 2 aromatic rings. The van der Waals surface area contributed by atoms with Crippen LogP contribution in [0.2, 0.25) is 5.02 Å². The normalized spacial score (nSPS) is 10.2. The van der Waals surface area contributed by atoms with Crippen LogP contribution in [-0.2, 0) is 0 Å². The first kappa shape index (κ1) is 15.0. The number of carbonyl (C=O) groups excluding carboxylic acids is 1. The van der Waals surface area contributed by atoms with Crippen molar-refractivity contribution in [3.63, 3.8) is 0 Å². The van der Waals surface area contributed by atoms with Crippen molar-refractivity contribution >= 4 is 29.2 Å². The third kappa shape index (κ3) is 3.38. The zero-order valence-corrected chi connectivity index (χ0v) is 11.7. The van der Waals surface area contributed by atoms with Crippen molar-refractivity contribution in [1.82, 2.24) is 0 Å². The number of carboxylic acid groups (broad SMARTS) is 1. The molecule has 6 heteroatoms. The summed E-state index contributed by atoms with van der Waals surface area (Å²) in [7, 11) is 0. The summed E-state index contributed by atoms with van der Waals surface area (Å²) in [5, 5.41) is 11.5. The predicted octanol–water partition coefficient (Wildman–Crippen LogP) is 3.74. The Balaban J connectivity index is 2.25. The molecule has 0 bridgehead atoms. The van der Waals surface area contributed by atoms with E-state index < -0.39 is 17.7 Å². The fourth-order valence-corrected chi connectivity index (χ4v) is 2.05. The van der Waals surface area contributed by atoms with E-state index >= 15 is 0 Å². The molecule has 21 heavy (non-hydrogen) atoms. The van der Waals surface area contributed by atoms with Crippen molar-refractivity contribution in [2.24, 2.45) is 0 Å². The number of nitrogens with one attached hydrogen (secondary N) is 1. The van der Waals surface area contributed by atoms with E-state index in [1.165, 1.54) is 24.3 Å². The maximum absolute atomic E-state index is 13.0. The van der Waals surface area contributed by atoms with E-state index in [0.29, 0.717) is 11.3 Å². The highest BCUT2D eigenvalue weighted by Gasteiger charge is 2.13. The van der Waals surface area contributed by atoms with Gasteiger partial charge < -0.3 is 10.4 Å². The van der Waals surface area contributed by atoms with Crippen molar-refractivity contribution in [1.29, 1.82) is 0 Å². The Hall–Kier alpha value is -2.40. The van der Waals surface area contributed by atoms with E-state index in [1.807, 2.05) is 0 Å². The molecule has 108 valence electrons. The topological polar surface area (TPSA) is 66.4 Å². The predicted molar refractivity (Wildman–Crippen MR) is 77.5 cm³/mol. The maximum atomic E-state index is 13.0. The Labute approximate surface area is 125 Å². The van der Waals surface area contributed by atoms with Gasteiger partial charge >= 0.3 is 5.97 Å². The molecule has 4 nitrogen and oxygen atoms in total. The molecule has 0 aliphatic rings. The van der Waals surface area contributed by atoms with Crippen LogP contribution >= 0.6 is 11.6 Å². The summed E-state index contributed by atoms with van der Waals surface area (Å²) in [6, 6.07) is 7.81. The Morgan fingerprint density at radius 2 is 1.90 bits per heavy atom. The minimum Gasteiger partial charge on any atom is -0.478 e. The summed E-state index contributed by atoms with van der Waals surface area (Å²) in [5.74, 6) is -2.07. The Bertz CT molecular complexity index is 731. The Morgan fingerprint density at radius 1 is 1.19 bits per heavy atom. The fraction of sp³-hybridized carbons (Fsp3) is 0.0667. The molecule has 2 aromatic carbocycles. The van der Waals surface area contributed by atoms with Gasteiger partial charge in [0.05, 0.1) is 16.1 Å². The average Bonchev–Trinajstić information content (AvgIpc) is 2.40. The third-order valence-corrected chi connectivity index (χ3v) is 3.21. The second-order valence-electron chi connectivity index (χ2n) is 4.41. The summed E-state index contributed by atoms with van der Waals surface area (Å²) in [4.78, 5) is 22.9. The summed E-state index contributed by atoms with van der Waals surface area (Å²) in [6.07, 6.45) is 0. The lowest BCUT2D eigenvalue weighted by Gasteiger charge is -2.10. The number of anilines is 1. The number of benzene rings is 2. The van der Waals surface area contributed by atoms with Crippen molar-refractivity contribution in [3.8, 4) is 0 Å². The molecule has 0 aromatic heterocycles. The van der Waals surface area contributed by atoms with E-state index in [-0.39, 0.29) is 16.1 Å². The van der Waals surface area contributed by atoms with Gasteiger partial charge in [0.2, 0.25) is 0 Å². The van der Waals surface area contributed by atoms with Gasteiger partial charge in [-0.25, -0.2) is 9.18 Å². The summed E-state index contributed by atoms with van der Waals surface area (Å²) < 4.78 is 13.0. The summed E-state index contributed by atoms with van der Waals surface area (Å²) in [6.45, 7) is 1.67. The van der Waals surface area contributed by atoms with Gasteiger partial charge in [-0.3, -0.25) is 4.79 Å². The summed E-state index contributed by atoms with van der Waals surface area (Å²) in [5.41, 5.74) is 1.33. The zero-order chi connectivity index (χ0) is 15.6. The first-order valence-electron chi connectivity index (χ1n) is 5.99. The van der Waals surface area contributed by atoms with Crippen LogP contribution in [0.25, 0.3) is 0 Å². The van der Waals surface area contributed by atoms with Gasteiger partial charge in [-0.1, -0.05) is 11.6 Å². The number of halogens is 2. The van der Waals surface area contributed by atoms with Crippen LogP contribution in [-0.4, -0.2) is 17.0 Å². The second-order valence-corrected chi connectivity index (χ2v) is 4.82. The minimum atomic E-state index is -1.04. The first-order valence-corrected chi connectivity index (χ1v) is 6.36. The summed E-state index contributed by atoms with van der Waals surface area (Å²) >= 11 is 5.82. The molecule has 2 N–H and O–H groups in total. The monoisotopic (exact) mass is 307 g/mol. The van der Waals surface area contributed by atoms with E-state index in [0.717, 1.165) is 12.1 Å². The molecule has 1 amide bonds. The van der Waals surface area contributed by atoms with E-state index in [4.69, 9.17) is 16.7 Å². The van der Waals surface area contributed by atoms with E-state index in [2.05, 4.69) is 5.32 Å². The zero-order valence-electron chi connectivity index (χ0n) is 11.0. The maximum Gasteiger partial charge on any atom is 0.335 e. The fourth-order valence-electron chi connectivity index (χ4n) is 1.80. The van der Waals surface area contributed by atoms with Gasteiger partial charge in [-0.05, 0) is 48.9 Å². The standard InChI is InChI=1S/C15H11ClFNO3/c1-8-6-9(15(20)21)2-5-13(8)18-14(19)11-4-3-10(17)7-12(11)16/h2-7H,1H3,(H,18,19)(H,20,21). The van der Waals surface area contributed by atoms with Crippen LogP contribution < -0.4 is 5.32 Å². The molecular formula is C15H11ClFNO3. The quantitative estimate of drug-likeness (QED) is 0.907. The number of rotatable bonds is 3. The molecular weight excluding hydrogens is 297 g/mol. The SMILES string of the molecule is Cc1cc(C(=O)O)ccc1NC(=O)c1ccc(F)cc1Cl. The van der Waals surface area contributed by atoms with Crippen molar-refractivity contribution in [2.75, 3.05) is 5.32 Å². The molecule has 0 spiro atoms.